The highest BCUT2D eigenvalue weighted by molar-refractivity contribution is 7.89. The van der Waals surface area contributed by atoms with Crippen molar-refractivity contribution in [2.75, 3.05) is 39.8 Å². The van der Waals surface area contributed by atoms with Gasteiger partial charge in [-0.2, -0.15) is 4.31 Å². The second kappa shape index (κ2) is 8.58. The van der Waals surface area contributed by atoms with Crippen LogP contribution in [0.2, 0.25) is 0 Å². The van der Waals surface area contributed by atoms with E-state index in [-0.39, 0.29) is 43.5 Å². The minimum absolute atomic E-state index is 0.104. The van der Waals surface area contributed by atoms with Gasteiger partial charge in [0.15, 0.2) is 0 Å². The fourth-order valence-corrected chi connectivity index (χ4v) is 4.75. The maximum Gasteiger partial charge on any atom is 0.245 e. The van der Waals surface area contributed by atoms with Crippen LogP contribution in [0.5, 0.6) is 5.75 Å². The van der Waals surface area contributed by atoms with Gasteiger partial charge in [-0.15, -0.1) is 0 Å². The van der Waals surface area contributed by atoms with Gasteiger partial charge in [0.05, 0.1) is 19.2 Å². The van der Waals surface area contributed by atoms with Gasteiger partial charge in [-0.25, -0.2) is 8.42 Å². The lowest BCUT2D eigenvalue weighted by molar-refractivity contribution is -0.133. The SMILES string of the molecule is C=CC(=O)NCC(=O)N1CCN(S(=O)(=O)c2cccc3c(OC)ccnc23)CC1. The number of carbonyl (C=O) groups excluding carboxylic acids is 2. The van der Waals surface area contributed by atoms with E-state index in [1.54, 1.807) is 18.2 Å². The molecule has 1 saturated heterocycles. The fourth-order valence-electron chi connectivity index (χ4n) is 3.17. The van der Waals surface area contributed by atoms with E-state index in [1.807, 2.05) is 0 Å². The van der Waals surface area contributed by atoms with E-state index in [0.717, 1.165) is 6.08 Å². The molecule has 0 unspecified atom stereocenters. The summed E-state index contributed by atoms with van der Waals surface area (Å²) in [7, 11) is -2.28. The average molecular weight is 418 g/mol. The van der Waals surface area contributed by atoms with E-state index in [4.69, 9.17) is 4.74 Å². The van der Waals surface area contributed by atoms with E-state index in [9.17, 15) is 18.0 Å². The minimum atomic E-state index is -3.80. The second-order valence-electron chi connectivity index (χ2n) is 6.37. The monoisotopic (exact) mass is 418 g/mol. The molecule has 3 rings (SSSR count). The predicted molar refractivity (Wildman–Crippen MR) is 107 cm³/mol. The van der Waals surface area contributed by atoms with E-state index in [1.165, 1.54) is 28.6 Å². The van der Waals surface area contributed by atoms with Gasteiger partial charge in [-0.3, -0.25) is 14.6 Å². The standard InChI is InChI=1S/C19H22N4O5S/c1-3-17(24)21-13-18(25)22-9-11-23(12-10-22)29(26,27)16-6-4-5-14-15(28-2)7-8-20-19(14)16/h3-8H,1,9-13H2,2H3,(H,21,24). The number of amides is 2. The van der Waals surface area contributed by atoms with Gasteiger partial charge in [0, 0.05) is 37.8 Å². The molecule has 29 heavy (non-hydrogen) atoms. The first-order valence-electron chi connectivity index (χ1n) is 8.98. The highest BCUT2D eigenvalue weighted by Gasteiger charge is 2.31. The van der Waals surface area contributed by atoms with Gasteiger partial charge in [-0.1, -0.05) is 12.6 Å². The summed E-state index contributed by atoms with van der Waals surface area (Å²) in [6.07, 6.45) is 2.60. The van der Waals surface area contributed by atoms with Crippen molar-refractivity contribution in [1.29, 1.82) is 0 Å². The molecule has 0 saturated carbocycles. The largest absolute Gasteiger partial charge is 0.496 e. The molecule has 1 N–H and O–H groups in total. The fraction of sp³-hybridized carbons (Fsp3) is 0.316. The number of rotatable bonds is 6. The molecule has 1 aliphatic rings. The molecule has 1 aromatic heterocycles. The first kappa shape index (κ1) is 20.7. The number of benzene rings is 1. The first-order chi connectivity index (χ1) is 13.9. The molecule has 0 aliphatic carbocycles. The third-order valence-electron chi connectivity index (χ3n) is 4.72. The number of hydrogen-bond donors (Lipinski definition) is 1. The molecule has 0 atom stereocenters. The Bertz CT molecular complexity index is 1050. The Labute approximate surface area is 169 Å². The van der Waals surface area contributed by atoms with Gasteiger partial charge in [0.25, 0.3) is 0 Å². The summed E-state index contributed by atoms with van der Waals surface area (Å²) in [5.41, 5.74) is 0.345. The first-order valence-corrected chi connectivity index (χ1v) is 10.4. The van der Waals surface area contributed by atoms with Crippen LogP contribution < -0.4 is 10.1 Å². The average Bonchev–Trinajstić information content (AvgIpc) is 2.76. The number of para-hydroxylation sites is 1. The molecule has 1 aromatic carbocycles. The van der Waals surface area contributed by atoms with Crippen molar-refractivity contribution in [2.24, 2.45) is 0 Å². The smallest absolute Gasteiger partial charge is 0.245 e. The van der Waals surface area contributed by atoms with Crippen molar-refractivity contribution in [3.63, 3.8) is 0 Å². The Hall–Kier alpha value is -2.98. The molecule has 0 radical (unpaired) electrons. The molecule has 2 aromatic rings. The third-order valence-corrected chi connectivity index (χ3v) is 6.65. The van der Waals surface area contributed by atoms with Crippen molar-refractivity contribution < 1.29 is 22.7 Å². The molecule has 2 amide bonds. The van der Waals surface area contributed by atoms with Crippen LogP contribution in [-0.4, -0.2) is 74.3 Å². The molecule has 1 aliphatic heterocycles. The van der Waals surface area contributed by atoms with Crippen molar-refractivity contribution in [3.8, 4) is 5.75 Å². The molecule has 154 valence electrons. The van der Waals surface area contributed by atoms with Crippen LogP contribution in [0.3, 0.4) is 0 Å². The summed E-state index contributed by atoms with van der Waals surface area (Å²) in [6, 6.07) is 6.61. The van der Waals surface area contributed by atoms with E-state index in [2.05, 4.69) is 16.9 Å². The van der Waals surface area contributed by atoms with Gasteiger partial charge in [0.2, 0.25) is 21.8 Å². The van der Waals surface area contributed by atoms with Gasteiger partial charge in [-0.05, 0) is 24.3 Å². The lowest BCUT2D eigenvalue weighted by Crippen LogP contribution is -2.52. The Morgan fingerprint density at radius 1 is 1.24 bits per heavy atom. The summed E-state index contributed by atoms with van der Waals surface area (Å²) in [6.45, 7) is 3.97. The van der Waals surface area contributed by atoms with Crippen molar-refractivity contribution in [1.82, 2.24) is 19.5 Å². The van der Waals surface area contributed by atoms with Crippen LogP contribution >= 0.6 is 0 Å². The van der Waals surface area contributed by atoms with Gasteiger partial charge < -0.3 is 15.0 Å². The molecule has 0 spiro atoms. The molecule has 0 bridgehead atoms. The maximum absolute atomic E-state index is 13.2. The summed E-state index contributed by atoms with van der Waals surface area (Å²) in [5.74, 6) is -0.156. The highest BCUT2D eigenvalue weighted by Crippen LogP contribution is 2.30. The van der Waals surface area contributed by atoms with Gasteiger partial charge in [0.1, 0.15) is 10.6 Å². The lowest BCUT2D eigenvalue weighted by Gasteiger charge is -2.34. The Morgan fingerprint density at radius 3 is 2.62 bits per heavy atom. The van der Waals surface area contributed by atoms with Crippen LogP contribution in [0.1, 0.15) is 0 Å². The number of aromatic nitrogens is 1. The van der Waals surface area contributed by atoms with Crippen LogP contribution in [0.4, 0.5) is 0 Å². The Morgan fingerprint density at radius 2 is 1.97 bits per heavy atom. The zero-order valence-corrected chi connectivity index (χ0v) is 16.8. The summed E-state index contributed by atoms with van der Waals surface area (Å²) >= 11 is 0. The quantitative estimate of drug-likeness (QED) is 0.680. The van der Waals surface area contributed by atoms with E-state index < -0.39 is 15.9 Å². The number of nitrogens with one attached hydrogen (secondary N) is 1. The second-order valence-corrected chi connectivity index (χ2v) is 8.28. The summed E-state index contributed by atoms with van der Waals surface area (Å²) < 4.78 is 33.1. The zero-order valence-electron chi connectivity index (χ0n) is 16.0. The zero-order chi connectivity index (χ0) is 21.0. The number of hydrogen-bond acceptors (Lipinski definition) is 6. The third kappa shape index (κ3) is 4.22. The van der Waals surface area contributed by atoms with Crippen molar-refractivity contribution >= 4 is 32.7 Å². The summed E-state index contributed by atoms with van der Waals surface area (Å²) in [5, 5.41) is 3.04. The molecule has 2 heterocycles. The number of fused-ring (bicyclic) bond motifs is 1. The number of pyridine rings is 1. The van der Waals surface area contributed by atoms with Crippen LogP contribution in [0.25, 0.3) is 10.9 Å². The van der Waals surface area contributed by atoms with E-state index in [0.29, 0.717) is 16.7 Å². The van der Waals surface area contributed by atoms with Crippen LogP contribution in [-0.2, 0) is 19.6 Å². The number of nitrogens with zero attached hydrogens (tertiary/aromatic N) is 3. The number of methoxy groups -OCH3 is 1. The van der Waals surface area contributed by atoms with Crippen molar-refractivity contribution in [2.45, 2.75) is 4.90 Å². The Balaban J connectivity index is 1.76. The maximum atomic E-state index is 13.2. The van der Waals surface area contributed by atoms with E-state index >= 15 is 0 Å². The van der Waals surface area contributed by atoms with Crippen LogP contribution in [0.15, 0.2) is 48.0 Å². The topological polar surface area (TPSA) is 109 Å². The predicted octanol–water partition coefficient (Wildman–Crippen LogP) is 0.379. The molecule has 9 nitrogen and oxygen atoms in total. The summed E-state index contributed by atoms with van der Waals surface area (Å²) in [4.78, 5) is 29.2. The van der Waals surface area contributed by atoms with Crippen molar-refractivity contribution in [3.05, 3.63) is 43.1 Å². The number of piperazine rings is 1. The number of sulfonamides is 1. The lowest BCUT2D eigenvalue weighted by atomic mass is 10.2. The van der Waals surface area contributed by atoms with Gasteiger partial charge >= 0.3 is 0 Å². The minimum Gasteiger partial charge on any atom is -0.496 e. The highest BCUT2D eigenvalue weighted by atomic mass is 32.2. The molecular formula is C19H22N4O5S. The number of ether oxygens (including phenoxy) is 1. The van der Waals surface area contributed by atoms with Crippen LogP contribution in [0, 0.1) is 0 Å². The number of carbonyl (C=O) groups is 2. The Kier molecular flexibility index (Phi) is 6.14. The molecule has 1 fully saturated rings. The molecule has 10 heteroatoms. The molecular weight excluding hydrogens is 396 g/mol. The normalized spacial score (nSPS) is 15.1.